The number of benzene rings is 1. The molecule has 0 bridgehead atoms. The van der Waals surface area contributed by atoms with Gasteiger partial charge in [0.2, 0.25) is 0 Å². The third-order valence-electron chi connectivity index (χ3n) is 3.49. The maximum Gasteiger partial charge on any atom is 0.322 e. The highest BCUT2D eigenvalue weighted by atomic mass is 35.5. The zero-order chi connectivity index (χ0) is 15.4. The molecule has 5 nitrogen and oxygen atoms in total. The van der Waals surface area contributed by atoms with Gasteiger partial charge in [0.25, 0.3) is 0 Å². The quantitative estimate of drug-likeness (QED) is 0.899. The molecule has 1 aliphatic heterocycles. The number of carbonyl (C=O) groups excluding carboxylic acids is 1. The minimum atomic E-state index is -0.950. The van der Waals surface area contributed by atoms with E-state index in [0.717, 1.165) is 12.8 Å². The molecule has 1 saturated heterocycles. The molecule has 2 N–H and O–H groups in total. The van der Waals surface area contributed by atoms with Crippen LogP contribution in [-0.2, 0) is 4.79 Å². The number of hydrogen-bond donors (Lipinski definition) is 2. The summed E-state index contributed by atoms with van der Waals surface area (Å²) >= 11 is 5.66. The van der Waals surface area contributed by atoms with E-state index in [0.29, 0.717) is 13.0 Å². The lowest BCUT2D eigenvalue weighted by Gasteiger charge is -2.34. The number of carbonyl (C=O) groups is 2. The molecule has 1 unspecified atom stereocenters. The van der Waals surface area contributed by atoms with Crippen LogP contribution < -0.4 is 5.32 Å². The van der Waals surface area contributed by atoms with Gasteiger partial charge in [0.15, 0.2) is 5.82 Å². The highest BCUT2D eigenvalue weighted by Gasteiger charge is 2.28. The monoisotopic (exact) mass is 314 g/mol. The van der Waals surface area contributed by atoms with Crippen molar-refractivity contribution in [2.24, 2.45) is 0 Å². The molecule has 21 heavy (non-hydrogen) atoms. The summed E-state index contributed by atoms with van der Waals surface area (Å²) in [5, 5.41) is 11.3. The maximum absolute atomic E-state index is 13.8. The van der Waals surface area contributed by atoms with E-state index in [9.17, 15) is 14.0 Å². The molecular formula is C14H16ClFN2O3. The lowest BCUT2D eigenvalue weighted by atomic mass is 10.00. The van der Waals surface area contributed by atoms with Gasteiger partial charge in [-0.3, -0.25) is 4.79 Å². The van der Waals surface area contributed by atoms with Crippen molar-refractivity contribution in [2.45, 2.75) is 31.7 Å². The first kappa shape index (κ1) is 15.6. The van der Waals surface area contributed by atoms with E-state index < -0.39 is 17.8 Å². The van der Waals surface area contributed by atoms with Gasteiger partial charge in [0, 0.05) is 12.6 Å². The van der Waals surface area contributed by atoms with E-state index >= 15 is 0 Å². The number of piperidine rings is 1. The number of urea groups is 1. The van der Waals surface area contributed by atoms with Crippen LogP contribution in [0, 0.1) is 5.82 Å². The van der Waals surface area contributed by atoms with E-state index in [1.807, 2.05) is 0 Å². The summed E-state index contributed by atoms with van der Waals surface area (Å²) in [7, 11) is 0. The number of hydrogen-bond acceptors (Lipinski definition) is 2. The van der Waals surface area contributed by atoms with Gasteiger partial charge < -0.3 is 15.3 Å². The number of aliphatic carboxylic acids is 1. The van der Waals surface area contributed by atoms with Crippen molar-refractivity contribution in [3.8, 4) is 0 Å². The van der Waals surface area contributed by atoms with Gasteiger partial charge in [0.1, 0.15) is 0 Å². The molecule has 1 aliphatic rings. The Bertz CT molecular complexity index is 553. The van der Waals surface area contributed by atoms with Crippen LogP contribution in [0.1, 0.15) is 25.7 Å². The predicted molar refractivity (Wildman–Crippen MR) is 77.0 cm³/mol. The third-order valence-corrected chi connectivity index (χ3v) is 3.78. The van der Waals surface area contributed by atoms with Gasteiger partial charge >= 0.3 is 12.0 Å². The van der Waals surface area contributed by atoms with Crippen molar-refractivity contribution in [2.75, 3.05) is 11.9 Å². The molecule has 0 saturated carbocycles. The number of likely N-dealkylation sites (tertiary alicyclic amines) is 1. The second kappa shape index (κ2) is 6.76. The number of carboxylic acids is 1. The summed E-state index contributed by atoms with van der Waals surface area (Å²) < 4.78 is 13.8. The van der Waals surface area contributed by atoms with Gasteiger partial charge in [-0.25, -0.2) is 9.18 Å². The fraction of sp³-hybridized carbons (Fsp3) is 0.429. The van der Waals surface area contributed by atoms with Crippen LogP contribution in [0.25, 0.3) is 0 Å². The summed E-state index contributed by atoms with van der Waals surface area (Å²) in [5.74, 6) is -1.65. The van der Waals surface area contributed by atoms with E-state index in [2.05, 4.69) is 5.32 Å². The highest BCUT2D eigenvalue weighted by molar-refractivity contribution is 6.31. The molecule has 1 heterocycles. The van der Waals surface area contributed by atoms with Gasteiger partial charge in [-0.2, -0.15) is 0 Å². The molecule has 1 fully saturated rings. The van der Waals surface area contributed by atoms with E-state index in [1.54, 1.807) is 0 Å². The molecule has 2 rings (SSSR count). The molecular weight excluding hydrogens is 299 g/mol. The SMILES string of the molecule is O=C(O)CC1CCCCN1C(=O)Nc1cccc(Cl)c1F. The maximum atomic E-state index is 13.8. The van der Waals surface area contributed by atoms with Crippen LogP contribution in [0.2, 0.25) is 5.02 Å². The molecule has 0 spiro atoms. The van der Waals surface area contributed by atoms with Crippen molar-refractivity contribution in [3.05, 3.63) is 29.0 Å². The standard InChI is InChI=1S/C14H16ClFN2O3/c15-10-5-3-6-11(13(10)16)17-14(21)18-7-2-1-4-9(18)8-12(19)20/h3,5-6,9H,1-2,4,7-8H2,(H,17,21)(H,19,20). The van der Waals surface area contributed by atoms with Crippen molar-refractivity contribution >= 4 is 29.3 Å². The zero-order valence-corrected chi connectivity index (χ0v) is 12.1. The van der Waals surface area contributed by atoms with Crippen molar-refractivity contribution in [1.29, 1.82) is 0 Å². The smallest absolute Gasteiger partial charge is 0.322 e. The normalized spacial score (nSPS) is 18.4. The average molecular weight is 315 g/mol. The Labute approximate surface area is 126 Å². The lowest BCUT2D eigenvalue weighted by Crippen LogP contribution is -2.46. The first-order valence-electron chi connectivity index (χ1n) is 6.72. The molecule has 0 aliphatic carbocycles. The van der Waals surface area contributed by atoms with Gasteiger partial charge in [-0.15, -0.1) is 0 Å². The topological polar surface area (TPSA) is 69.6 Å². The number of halogens is 2. The van der Waals surface area contributed by atoms with Crippen molar-refractivity contribution in [3.63, 3.8) is 0 Å². The molecule has 7 heteroatoms. The Morgan fingerprint density at radius 3 is 2.90 bits per heavy atom. The Kier molecular flexibility index (Phi) is 5.01. The van der Waals surface area contributed by atoms with Crippen molar-refractivity contribution < 1.29 is 19.1 Å². The van der Waals surface area contributed by atoms with Crippen LogP contribution in [0.15, 0.2) is 18.2 Å². The van der Waals surface area contributed by atoms with Crippen LogP contribution in [0.3, 0.4) is 0 Å². The number of nitrogens with one attached hydrogen (secondary N) is 1. The van der Waals surface area contributed by atoms with E-state index in [1.165, 1.54) is 23.1 Å². The highest BCUT2D eigenvalue weighted by Crippen LogP contribution is 2.24. The minimum absolute atomic E-state index is 0.00727. The molecule has 0 radical (unpaired) electrons. The molecule has 2 amide bonds. The fourth-order valence-electron chi connectivity index (χ4n) is 2.47. The molecule has 1 aromatic rings. The Balaban J connectivity index is 2.10. The summed E-state index contributed by atoms with van der Waals surface area (Å²) in [4.78, 5) is 24.5. The van der Waals surface area contributed by atoms with Crippen LogP contribution >= 0.6 is 11.6 Å². The predicted octanol–water partition coefficient (Wildman–Crippen LogP) is 3.34. The summed E-state index contributed by atoms with van der Waals surface area (Å²) in [5.41, 5.74) is -0.00727. The van der Waals surface area contributed by atoms with Gasteiger partial charge in [-0.1, -0.05) is 17.7 Å². The largest absolute Gasteiger partial charge is 0.481 e. The van der Waals surface area contributed by atoms with Crippen LogP contribution in [0.5, 0.6) is 0 Å². The summed E-state index contributed by atoms with van der Waals surface area (Å²) in [6.07, 6.45) is 2.22. The molecule has 0 aromatic heterocycles. The molecule has 1 aromatic carbocycles. The van der Waals surface area contributed by atoms with Crippen molar-refractivity contribution in [1.82, 2.24) is 4.90 Å². The number of rotatable bonds is 3. The van der Waals surface area contributed by atoms with Gasteiger partial charge in [0.05, 0.1) is 17.1 Å². The van der Waals surface area contributed by atoms with Crippen LogP contribution in [0.4, 0.5) is 14.9 Å². The van der Waals surface area contributed by atoms with E-state index in [-0.39, 0.29) is 23.2 Å². The number of amides is 2. The second-order valence-corrected chi connectivity index (χ2v) is 5.38. The number of nitrogens with zero attached hydrogens (tertiary/aromatic N) is 1. The first-order valence-corrected chi connectivity index (χ1v) is 7.10. The summed E-state index contributed by atoms with van der Waals surface area (Å²) in [6.45, 7) is 0.464. The van der Waals surface area contributed by atoms with E-state index in [4.69, 9.17) is 16.7 Å². The zero-order valence-electron chi connectivity index (χ0n) is 11.3. The molecule has 114 valence electrons. The number of anilines is 1. The lowest BCUT2D eigenvalue weighted by molar-refractivity contribution is -0.138. The fourth-order valence-corrected chi connectivity index (χ4v) is 2.64. The summed E-state index contributed by atoms with van der Waals surface area (Å²) in [6, 6.07) is 3.47. The number of carboxylic acid groups (broad SMARTS) is 1. The first-order chi connectivity index (χ1) is 9.99. The minimum Gasteiger partial charge on any atom is -0.481 e. The second-order valence-electron chi connectivity index (χ2n) is 4.97. The Morgan fingerprint density at radius 1 is 1.43 bits per heavy atom. The Hall–Kier alpha value is -1.82. The van der Waals surface area contributed by atoms with Gasteiger partial charge in [-0.05, 0) is 31.4 Å². The average Bonchev–Trinajstić information content (AvgIpc) is 2.44. The third kappa shape index (κ3) is 3.85. The molecule has 1 atom stereocenters. The van der Waals surface area contributed by atoms with Crippen LogP contribution in [-0.4, -0.2) is 34.6 Å². The Morgan fingerprint density at radius 2 is 2.19 bits per heavy atom.